The number of allylic oxidation sites excluding steroid dienone is 1. The van der Waals surface area contributed by atoms with Crippen LogP contribution in [0.3, 0.4) is 0 Å². The largest absolute Gasteiger partial charge is 0.481 e. The third-order valence-corrected chi connectivity index (χ3v) is 15.1. The van der Waals surface area contributed by atoms with Gasteiger partial charge in [-0.2, -0.15) is 0 Å². The molecule has 5 saturated carbocycles. The SMILES string of the molecule is CC(CC(C(=O)O)C1CC2CCC1(C)C2(C)C)[C@H]1CC[C@H]2[C@@H]3CC=C4C[C@@H](O)CC[C@]4(C)[C@H]3CC[C@]12C. The van der Waals surface area contributed by atoms with Crippen molar-refractivity contribution in [2.75, 3.05) is 0 Å². The van der Waals surface area contributed by atoms with E-state index in [1.807, 2.05) is 0 Å². The van der Waals surface area contributed by atoms with Gasteiger partial charge in [-0.15, -0.1) is 0 Å². The second kappa shape index (κ2) is 8.58. The fourth-order valence-electron chi connectivity index (χ4n) is 12.5. The summed E-state index contributed by atoms with van der Waals surface area (Å²) >= 11 is 0. The highest BCUT2D eigenvalue weighted by atomic mass is 16.4. The Balaban J connectivity index is 1.20. The maximum Gasteiger partial charge on any atom is 0.306 e. The Morgan fingerprint density at radius 3 is 2.38 bits per heavy atom. The van der Waals surface area contributed by atoms with Gasteiger partial charge in [-0.05, 0) is 140 Å². The van der Waals surface area contributed by atoms with E-state index in [1.54, 1.807) is 5.57 Å². The van der Waals surface area contributed by atoms with Crippen LogP contribution in [0.15, 0.2) is 11.6 Å². The quantitative estimate of drug-likeness (QED) is 0.367. The third kappa shape index (κ3) is 3.57. The van der Waals surface area contributed by atoms with Crippen LogP contribution in [0.5, 0.6) is 0 Å². The second-order valence-electron chi connectivity index (χ2n) is 16.3. The van der Waals surface area contributed by atoms with Gasteiger partial charge >= 0.3 is 5.97 Å². The molecule has 0 heterocycles. The normalized spacial score (nSPS) is 51.5. The Morgan fingerprint density at radius 2 is 1.73 bits per heavy atom. The fraction of sp³-hybridized carbons (Fsp3) is 0.912. The molecular formula is C34H54O3. The summed E-state index contributed by atoms with van der Waals surface area (Å²) in [5.74, 6) is 3.80. The minimum Gasteiger partial charge on any atom is -0.481 e. The zero-order valence-electron chi connectivity index (χ0n) is 24.6. The van der Waals surface area contributed by atoms with Crippen molar-refractivity contribution < 1.29 is 15.0 Å². The van der Waals surface area contributed by atoms with Crippen molar-refractivity contribution in [3.63, 3.8) is 0 Å². The molecule has 0 aromatic carbocycles. The lowest BCUT2D eigenvalue weighted by molar-refractivity contribution is -0.147. The van der Waals surface area contributed by atoms with Crippen LogP contribution in [0, 0.1) is 69.0 Å². The monoisotopic (exact) mass is 510 g/mol. The van der Waals surface area contributed by atoms with Crippen LogP contribution in [-0.4, -0.2) is 22.3 Å². The van der Waals surface area contributed by atoms with Gasteiger partial charge in [0.05, 0.1) is 12.0 Å². The van der Waals surface area contributed by atoms with E-state index in [1.165, 1.54) is 44.9 Å². The summed E-state index contributed by atoms with van der Waals surface area (Å²) in [7, 11) is 0. The molecule has 0 aromatic heterocycles. The lowest BCUT2D eigenvalue weighted by atomic mass is 9.47. The van der Waals surface area contributed by atoms with Crippen molar-refractivity contribution in [3.8, 4) is 0 Å². The number of aliphatic hydroxyl groups excluding tert-OH is 1. The summed E-state index contributed by atoms with van der Waals surface area (Å²) in [5, 5.41) is 20.9. The second-order valence-corrected chi connectivity index (χ2v) is 16.3. The maximum atomic E-state index is 12.8. The van der Waals surface area contributed by atoms with Crippen molar-refractivity contribution in [1.82, 2.24) is 0 Å². The molecule has 12 atom stereocenters. The first-order chi connectivity index (χ1) is 17.3. The molecule has 5 unspecified atom stereocenters. The Kier molecular flexibility index (Phi) is 6.12. The summed E-state index contributed by atoms with van der Waals surface area (Å²) in [6.07, 6.45) is 16.4. The lowest BCUT2D eigenvalue weighted by Gasteiger charge is -2.58. The van der Waals surface area contributed by atoms with Crippen LogP contribution in [-0.2, 0) is 4.79 Å². The average Bonchev–Trinajstić information content (AvgIpc) is 3.37. The Hall–Kier alpha value is -0.830. The van der Waals surface area contributed by atoms with E-state index >= 15 is 0 Å². The fourth-order valence-corrected chi connectivity index (χ4v) is 12.5. The summed E-state index contributed by atoms with van der Waals surface area (Å²) in [4.78, 5) is 12.8. The van der Waals surface area contributed by atoms with Gasteiger partial charge in [0.1, 0.15) is 0 Å². The number of fused-ring (bicyclic) bond motifs is 7. The van der Waals surface area contributed by atoms with Gasteiger partial charge in [0, 0.05) is 0 Å². The predicted octanol–water partition coefficient (Wildman–Crippen LogP) is 8.12. The van der Waals surface area contributed by atoms with E-state index in [0.717, 1.165) is 49.9 Å². The van der Waals surface area contributed by atoms with E-state index in [2.05, 4.69) is 47.6 Å². The number of carbonyl (C=O) groups is 1. The number of hydrogen-bond donors (Lipinski definition) is 2. The summed E-state index contributed by atoms with van der Waals surface area (Å²) in [6, 6.07) is 0. The van der Waals surface area contributed by atoms with Crippen molar-refractivity contribution in [2.45, 2.75) is 125 Å². The third-order valence-electron chi connectivity index (χ3n) is 15.1. The molecule has 2 N–H and O–H groups in total. The van der Waals surface area contributed by atoms with E-state index in [0.29, 0.717) is 34.5 Å². The molecule has 0 radical (unpaired) electrons. The molecule has 0 aliphatic heterocycles. The Labute approximate surface area is 226 Å². The van der Waals surface area contributed by atoms with E-state index in [9.17, 15) is 15.0 Å². The molecule has 6 aliphatic rings. The zero-order valence-corrected chi connectivity index (χ0v) is 24.6. The molecule has 0 spiro atoms. The highest BCUT2D eigenvalue weighted by Gasteiger charge is 2.64. The molecule has 5 fully saturated rings. The van der Waals surface area contributed by atoms with Crippen LogP contribution in [0.25, 0.3) is 0 Å². The highest BCUT2D eigenvalue weighted by molar-refractivity contribution is 5.70. The molecule has 3 nitrogen and oxygen atoms in total. The predicted molar refractivity (Wildman–Crippen MR) is 149 cm³/mol. The number of rotatable bonds is 5. The van der Waals surface area contributed by atoms with Crippen molar-refractivity contribution in [1.29, 1.82) is 0 Å². The van der Waals surface area contributed by atoms with Crippen LogP contribution in [0.2, 0.25) is 0 Å². The number of aliphatic carboxylic acids is 1. The lowest BCUT2D eigenvalue weighted by Crippen LogP contribution is -2.51. The summed E-state index contributed by atoms with van der Waals surface area (Å²) < 4.78 is 0. The molecule has 0 aromatic rings. The highest BCUT2D eigenvalue weighted by Crippen LogP contribution is 2.71. The van der Waals surface area contributed by atoms with Gasteiger partial charge in [-0.1, -0.05) is 53.2 Å². The molecule has 0 amide bonds. The minimum absolute atomic E-state index is 0.133. The van der Waals surface area contributed by atoms with Crippen LogP contribution < -0.4 is 0 Å². The van der Waals surface area contributed by atoms with Gasteiger partial charge in [0.25, 0.3) is 0 Å². The first-order valence-corrected chi connectivity index (χ1v) is 15.9. The van der Waals surface area contributed by atoms with E-state index < -0.39 is 5.97 Å². The van der Waals surface area contributed by atoms with Crippen LogP contribution in [0.1, 0.15) is 119 Å². The van der Waals surface area contributed by atoms with Crippen molar-refractivity contribution >= 4 is 5.97 Å². The summed E-state index contributed by atoms with van der Waals surface area (Å²) in [5.41, 5.74) is 2.67. The average molecular weight is 511 g/mol. The topological polar surface area (TPSA) is 57.5 Å². The van der Waals surface area contributed by atoms with Gasteiger partial charge in [0.2, 0.25) is 0 Å². The van der Waals surface area contributed by atoms with Crippen molar-refractivity contribution in [3.05, 3.63) is 11.6 Å². The summed E-state index contributed by atoms with van der Waals surface area (Å²) in [6.45, 7) is 14.8. The van der Waals surface area contributed by atoms with E-state index in [4.69, 9.17) is 0 Å². The molecule has 208 valence electrons. The Morgan fingerprint density at radius 1 is 0.973 bits per heavy atom. The van der Waals surface area contributed by atoms with E-state index in [-0.39, 0.29) is 22.9 Å². The molecule has 37 heavy (non-hydrogen) atoms. The zero-order chi connectivity index (χ0) is 26.5. The van der Waals surface area contributed by atoms with Crippen LogP contribution in [0.4, 0.5) is 0 Å². The molecule has 6 rings (SSSR count). The molecule has 3 heteroatoms. The van der Waals surface area contributed by atoms with Gasteiger partial charge in [-0.3, -0.25) is 4.79 Å². The number of aliphatic hydroxyl groups is 1. The molecule has 6 aliphatic carbocycles. The van der Waals surface area contributed by atoms with Gasteiger partial charge in [-0.25, -0.2) is 0 Å². The van der Waals surface area contributed by atoms with Gasteiger partial charge in [0.15, 0.2) is 0 Å². The first kappa shape index (κ1) is 26.4. The minimum atomic E-state index is -0.526. The van der Waals surface area contributed by atoms with Crippen LogP contribution >= 0.6 is 0 Å². The van der Waals surface area contributed by atoms with Gasteiger partial charge < -0.3 is 10.2 Å². The molecular weight excluding hydrogens is 456 g/mol. The van der Waals surface area contributed by atoms with Crippen molar-refractivity contribution in [2.24, 2.45) is 69.0 Å². The number of carboxylic acids is 1. The number of hydrogen-bond acceptors (Lipinski definition) is 2. The maximum absolute atomic E-state index is 12.8. The first-order valence-electron chi connectivity index (χ1n) is 15.9. The molecule has 2 bridgehead atoms. The smallest absolute Gasteiger partial charge is 0.306 e. The Bertz CT molecular complexity index is 966. The number of carboxylic acid groups (broad SMARTS) is 1. The molecule has 0 saturated heterocycles. The standard InChI is InChI=1S/C34H54O3/c1-20(17-25(30(36)37)29-19-21-11-16-34(29,6)31(21,2)3)26-9-10-27-24-8-7-22-18-23(35)12-14-32(22,4)28(24)13-15-33(26,27)5/h7,20-21,23-29,35H,8-19H2,1-6H3,(H,36,37)/t20?,21?,23-,24-,25?,26+,27-,28-,29?,32-,33+,34?/m0/s1.